The van der Waals surface area contributed by atoms with Crippen molar-refractivity contribution >= 4 is 5.69 Å². The van der Waals surface area contributed by atoms with Crippen molar-refractivity contribution in [3.63, 3.8) is 0 Å². The van der Waals surface area contributed by atoms with Crippen LogP contribution in [-0.4, -0.2) is 0 Å². The van der Waals surface area contributed by atoms with Gasteiger partial charge >= 0.3 is 0 Å². The van der Waals surface area contributed by atoms with Crippen molar-refractivity contribution in [2.24, 2.45) is 0 Å². The largest absolute Gasteiger partial charge is 0.395 e. The van der Waals surface area contributed by atoms with Gasteiger partial charge in [0.2, 0.25) is 0 Å². The fourth-order valence-corrected chi connectivity index (χ4v) is 1.19. The summed E-state index contributed by atoms with van der Waals surface area (Å²) >= 11 is 0. The van der Waals surface area contributed by atoms with E-state index in [2.05, 4.69) is 11.8 Å². The van der Waals surface area contributed by atoms with Gasteiger partial charge < -0.3 is 5.73 Å². The van der Waals surface area contributed by atoms with E-state index in [-0.39, 0.29) is 0 Å². The molecule has 0 aliphatic heterocycles. The van der Waals surface area contributed by atoms with Gasteiger partial charge in [-0.2, -0.15) is 0 Å². The van der Waals surface area contributed by atoms with Crippen molar-refractivity contribution in [1.82, 2.24) is 0 Å². The first-order chi connectivity index (χ1) is 8.00. The molecular formula is C12H11F4N. The maximum absolute atomic E-state index is 13.2. The number of nitrogens with two attached hydrogens (primary N) is 1. The van der Waals surface area contributed by atoms with Gasteiger partial charge in [0.25, 0.3) is 0 Å². The minimum atomic E-state index is -1.92. The van der Waals surface area contributed by atoms with E-state index in [0.29, 0.717) is 6.42 Å². The molecule has 0 amide bonds. The summed E-state index contributed by atoms with van der Waals surface area (Å²) in [6.45, 7) is 1.94. The zero-order chi connectivity index (χ0) is 13.0. The van der Waals surface area contributed by atoms with Crippen LogP contribution in [0, 0.1) is 35.1 Å². The molecule has 1 aromatic carbocycles. The summed E-state index contributed by atoms with van der Waals surface area (Å²) in [4.78, 5) is 0. The van der Waals surface area contributed by atoms with Gasteiger partial charge in [-0.05, 0) is 6.42 Å². The van der Waals surface area contributed by atoms with Gasteiger partial charge in [-0.15, -0.1) is 0 Å². The maximum atomic E-state index is 13.2. The summed E-state index contributed by atoms with van der Waals surface area (Å²) in [6, 6.07) is 0. The molecule has 0 atom stereocenters. The number of hydrogen-bond donors (Lipinski definition) is 1. The zero-order valence-corrected chi connectivity index (χ0v) is 9.21. The Kier molecular flexibility index (Phi) is 4.38. The van der Waals surface area contributed by atoms with E-state index < -0.39 is 34.5 Å². The summed E-state index contributed by atoms with van der Waals surface area (Å²) in [5.41, 5.74) is 3.72. The lowest BCUT2D eigenvalue weighted by Gasteiger charge is -2.04. The molecule has 1 nitrogen and oxygen atoms in total. The lowest BCUT2D eigenvalue weighted by Crippen LogP contribution is -2.06. The molecule has 0 bridgehead atoms. The Balaban J connectivity index is 3.19. The van der Waals surface area contributed by atoms with E-state index in [1.54, 1.807) is 0 Å². The molecule has 0 saturated carbocycles. The van der Waals surface area contributed by atoms with E-state index in [9.17, 15) is 17.6 Å². The molecule has 0 aromatic heterocycles. The lowest BCUT2D eigenvalue weighted by molar-refractivity contribution is 0.410. The highest BCUT2D eigenvalue weighted by Gasteiger charge is 2.22. The number of rotatable bonds is 2. The van der Waals surface area contributed by atoms with Crippen molar-refractivity contribution in [3.8, 4) is 11.8 Å². The minimum Gasteiger partial charge on any atom is -0.395 e. The van der Waals surface area contributed by atoms with E-state index in [4.69, 9.17) is 5.73 Å². The van der Waals surface area contributed by atoms with Crippen LogP contribution in [0.5, 0.6) is 0 Å². The van der Waals surface area contributed by atoms with Gasteiger partial charge in [0, 0.05) is 6.42 Å². The number of anilines is 1. The summed E-state index contributed by atoms with van der Waals surface area (Å²) in [5.74, 6) is -2.21. The first-order valence-corrected chi connectivity index (χ1v) is 5.11. The monoisotopic (exact) mass is 245 g/mol. The molecule has 5 heteroatoms. The zero-order valence-electron chi connectivity index (χ0n) is 9.21. The first kappa shape index (κ1) is 13.4. The highest BCUT2D eigenvalue weighted by Crippen LogP contribution is 2.25. The van der Waals surface area contributed by atoms with E-state index in [1.807, 2.05) is 6.92 Å². The third kappa shape index (κ3) is 2.70. The Hall–Kier alpha value is -1.70. The minimum absolute atomic E-state index is 0.454. The standard InChI is InChI=1S/C12H11F4N/c1-2-3-4-5-6-7-8(13)9(14)10(15)11(16)12(7)17/h2-4,17H2,1H3. The molecule has 17 heavy (non-hydrogen) atoms. The van der Waals surface area contributed by atoms with Crippen molar-refractivity contribution in [2.45, 2.75) is 26.2 Å². The normalized spacial score (nSPS) is 9.94. The SMILES string of the molecule is CCCCC#Cc1c(N)c(F)c(F)c(F)c1F. The second-order valence-corrected chi connectivity index (χ2v) is 3.45. The van der Waals surface area contributed by atoms with Crippen LogP contribution in [0.2, 0.25) is 0 Å². The van der Waals surface area contributed by atoms with E-state index in [1.165, 1.54) is 0 Å². The highest BCUT2D eigenvalue weighted by atomic mass is 19.2. The Morgan fingerprint density at radius 1 is 1.00 bits per heavy atom. The number of unbranched alkanes of at least 4 members (excludes halogenated alkanes) is 2. The van der Waals surface area contributed by atoms with Crippen LogP contribution >= 0.6 is 0 Å². The van der Waals surface area contributed by atoms with Gasteiger partial charge in [-0.25, -0.2) is 17.6 Å². The van der Waals surface area contributed by atoms with Gasteiger partial charge in [-0.1, -0.05) is 25.2 Å². The molecule has 2 N–H and O–H groups in total. The quantitative estimate of drug-likeness (QED) is 0.212. The second-order valence-electron chi connectivity index (χ2n) is 3.45. The van der Waals surface area contributed by atoms with Crippen LogP contribution in [0.25, 0.3) is 0 Å². The number of hydrogen-bond acceptors (Lipinski definition) is 1. The van der Waals surface area contributed by atoms with Gasteiger partial charge in [0.05, 0.1) is 11.3 Å². The predicted octanol–water partition coefficient (Wildman–Crippen LogP) is 3.37. The molecule has 92 valence electrons. The van der Waals surface area contributed by atoms with Crippen molar-refractivity contribution in [1.29, 1.82) is 0 Å². The van der Waals surface area contributed by atoms with Crippen molar-refractivity contribution < 1.29 is 17.6 Å². The Morgan fingerprint density at radius 2 is 1.59 bits per heavy atom. The summed E-state index contributed by atoms with van der Waals surface area (Å²) in [7, 11) is 0. The fourth-order valence-electron chi connectivity index (χ4n) is 1.19. The molecule has 0 fully saturated rings. The van der Waals surface area contributed by atoms with Crippen LogP contribution in [-0.2, 0) is 0 Å². The fraction of sp³-hybridized carbons (Fsp3) is 0.333. The van der Waals surface area contributed by atoms with Crippen LogP contribution in [0.3, 0.4) is 0 Å². The topological polar surface area (TPSA) is 26.0 Å². The average molecular weight is 245 g/mol. The number of nitrogen functional groups attached to an aromatic ring is 1. The van der Waals surface area contributed by atoms with Gasteiger partial charge in [0.15, 0.2) is 23.3 Å². The van der Waals surface area contributed by atoms with Crippen molar-refractivity contribution in [2.75, 3.05) is 5.73 Å². The first-order valence-electron chi connectivity index (χ1n) is 5.11. The highest BCUT2D eigenvalue weighted by molar-refractivity contribution is 5.58. The molecule has 0 saturated heterocycles. The van der Waals surface area contributed by atoms with Crippen molar-refractivity contribution in [3.05, 3.63) is 28.8 Å². The average Bonchev–Trinajstić information content (AvgIpc) is 2.33. The van der Waals surface area contributed by atoms with E-state index in [0.717, 1.165) is 12.8 Å². The Morgan fingerprint density at radius 3 is 2.18 bits per heavy atom. The molecule has 0 aliphatic carbocycles. The van der Waals surface area contributed by atoms with Crippen LogP contribution in [0.1, 0.15) is 31.7 Å². The molecular weight excluding hydrogens is 234 g/mol. The Bertz CT molecular complexity index is 456. The molecule has 0 heterocycles. The summed E-state index contributed by atoms with van der Waals surface area (Å²) in [6.07, 6.45) is 2.12. The lowest BCUT2D eigenvalue weighted by atomic mass is 10.1. The second kappa shape index (κ2) is 5.58. The van der Waals surface area contributed by atoms with Crippen LogP contribution in [0.15, 0.2) is 0 Å². The summed E-state index contributed by atoms with van der Waals surface area (Å²) < 4.78 is 51.9. The molecule has 1 rings (SSSR count). The Labute approximate surface area is 96.6 Å². The predicted molar refractivity (Wildman–Crippen MR) is 57.1 cm³/mol. The number of halogens is 4. The van der Waals surface area contributed by atoms with Gasteiger partial charge in [0.1, 0.15) is 0 Å². The molecule has 0 spiro atoms. The van der Waals surface area contributed by atoms with Crippen LogP contribution in [0.4, 0.5) is 23.2 Å². The molecule has 0 aliphatic rings. The maximum Gasteiger partial charge on any atom is 0.199 e. The third-order valence-electron chi connectivity index (χ3n) is 2.17. The van der Waals surface area contributed by atoms with E-state index >= 15 is 0 Å². The molecule has 0 unspecified atom stereocenters. The van der Waals surface area contributed by atoms with Gasteiger partial charge in [-0.3, -0.25) is 0 Å². The third-order valence-corrected chi connectivity index (χ3v) is 2.17. The smallest absolute Gasteiger partial charge is 0.199 e. The molecule has 0 radical (unpaired) electrons. The molecule has 1 aromatic rings. The number of benzene rings is 1. The summed E-state index contributed by atoms with van der Waals surface area (Å²) in [5, 5.41) is 0. The van der Waals surface area contributed by atoms with Crippen LogP contribution < -0.4 is 5.73 Å².